The van der Waals surface area contributed by atoms with Crippen molar-refractivity contribution in [2.75, 3.05) is 0 Å². The lowest BCUT2D eigenvalue weighted by Gasteiger charge is -2.13. The minimum atomic E-state index is 0.00994. The van der Waals surface area contributed by atoms with E-state index in [-0.39, 0.29) is 23.0 Å². The molecule has 0 aliphatic carbocycles. The van der Waals surface area contributed by atoms with Crippen molar-refractivity contribution < 1.29 is 20.4 Å². The molecule has 3 aromatic rings. The van der Waals surface area contributed by atoms with Crippen molar-refractivity contribution in [1.29, 1.82) is 0 Å². The average Bonchev–Trinajstić information content (AvgIpc) is 2.54. The number of aromatic hydroxyl groups is 4. The van der Waals surface area contributed by atoms with E-state index < -0.39 is 0 Å². The normalized spacial score (nSPS) is 10.7. The second kappa shape index (κ2) is 6.54. The zero-order valence-corrected chi connectivity index (χ0v) is 13.0. The smallest absolute Gasteiger partial charge is 0.123 e. The molecule has 0 fully saturated rings. The van der Waals surface area contributed by atoms with Gasteiger partial charge in [-0.2, -0.15) is 0 Å². The zero-order chi connectivity index (χ0) is 17.1. The molecule has 0 heterocycles. The van der Waals surface area contributed by atoms with Gasteiger partial charge in [-0.3, -0.25) is 0 Å². The Morgan fingerprint density at radius 1 is 0.542 bits per heavy atom. The molecule has 4 N–H and O–H groups in total. The number of hydrogen-bond acceptors (Lipinski definition) is 4. The van der Waals surface area contributed by atoms with E-state index in [9.17, 15) is 20.4 Å². The summed E-state index contributed by atoms with van der Waals surface area (Å²) in [6.07, 6.45) is 1.01. The number of hydrogen-bond donors (Lipinski definition) is 4. The summed E-state index contributed by atoms with van der Waals surface area (Å²) in [7, 11) is 0. The van der Waals surface area contributed by atoms with Gasteiger partial charge >= 0.3 is 0 Å². The molecule has 3 rings (SSSR count). The fourth-order valence-electron chi connectivity index (χ4n) is 2.71. The minimum Gasteiger partial charge on any atom is -0.508 e. The molecule has 0 aliphatic rings. The molecule has 0 saturated heterocycles. The first kappa shape index (κ1) is 15.7. The molecule has 0 unspecified atom stereocenters. The van der Waals surface area contributed by atoms with Crippen LogP contribution in [-0.2, 0) is 12.8 Å². The van der Waals surface area contributed by atoms with Crippen molar-refractivity contribution in [3.63, 3.8) is 0 Å². The first-order valence-corrected chi connectivity index (χ1v) is 7.61. The average molecular weight is 322 g/mol. The van der Waals surface area contributed by atoms with Gasteiger partial charge in [0.15, 0.2) is 0 Å². The van der Waals surface area contributed by atoms with E-state index in [1.807, 2.05) is 0 Å². The van der Waals surface area contributed by atoms with E-state index in [0.717, 1.165) is 22.3 Å². The summed E-state index contributed by atoms with van der Waals surface area (Å²) in [5, 5.41) is 38.8. The van der Waals surface area contributed by atoms with Gasteiger partial charge in [-0.15, -0.1) is 0 Å². The lowest BCUT2D eigenvalue weighted by molar-refractivity contribution is 0.445. The third kappa shape index (κ3) is 3.60. The van der Waals surface area contributed by atoms with E-state index in [1.54, 1.807) is 54.6 Å². The Hall–Kier alpha value is -3.14. The van der Waals surface area contributed by atoms with Crippen LogP contribution in [0.3, 0.4) is 0 Å². The molecule has 4 nitrogen and oxygen atoms in total. The highest BCUT2D eigenvalue weighted by Crippen LogP contribution is 2.31. The van der Waals surface area contributed by atoms with Crippen LogP contribution in [0.5, 0.6) is 23.0 Å². The fraction of sp³-hybridized carbons (Fsp3) is 0.100. The third-order valence-electron chi connectivity index (χ3n) is 3.95. The summed E-state index contributed by atoms with van der Waals surface area (Å²) < 4.78 is 0. The molecule has 3 aromatic carbocycles. The molecule has 0 amide bonds. The molecule has 0 radical (unpaired) electrons. The molecule has 0 aromatic heterocycles. The monoisotopic (exact) mass is 322 g/mol. The summed E-state index contributed by atoms with van der Waals surface area (Å²) >= 11 is 0. The Kier molecular flexibility index (Phi) is 4.29. The maximum absolute atomic E-state index is 10.3. The lowest BCUT2D eigenvalue weighted by Crippen LogP contribution is -1.98. The first-order valence-electron chi connectivity index (χ1n) is 7.61. The Labute approximate surface area is 139 Å². The van der Waals surface area contributed by atoms with Crippen LogP contribution in [0.15, 0.2) is 60.7 Å². The first-order chi connectivity index (χ1) is 11.5. The number of phenols is 4. The van der Waals surface area contributed by atoms with Crippen LogP contribution in [0.4, 0.5) is 0 Å². The van der Waals surface area contributed by atoms with Gasteiger partial charge in [-0.25, -0.2) is 0 Å². The summed E-state index contributed by atoms with van der Waals surface area (Å²) in [6, 6.07) is 16.6. The second-order valence-electron chi connectivity index (χ2n) is 5.79. The summed E-state index contributed by atoms with van der Waals surface area (Å²) in [4.78, 5) is 0. The molecule has 0 bridgehead atoms. The molecular formula is C20H18O4. The van der Waals surface area contributed by atoms with Crippen LogP contribution in [0, 0.1) is 0 Å². The number of rotatable bonds is 4. The molecule has 4 heteroatoms. The molecule has 24 heavy (non-hydrogen) atoms. The van der Waals surface area contributed by atoms with Crippen molar-refractivity contribution in [3.05, 3.63) is 82.9 Å². The zero-order valence-electron chi connectivity index (χ0n) is 13.0. The van der Waals surface area contributed by atoms with Crippen molar-refractivity contribution in [3.8, 4) is 23.0 Å². The van der Waals surface area contributed by atoms with Gasteiger partial charge in [-0.1, -0.05) is 24.3 Å². The summed E-state index contributed by atoms with van der Waals surface area (Å²) in [5.41, 5.74) is 3.45. The van der Waals surface area contributed by atoms with Gasteiger partial charge in [0.1, 0.15) is 23.0 Å². The fourth-order valence-corrected chi connectivity index (χ4v) is 2.71. The standard InChI is InChI=1S/C20H18O4/c21-16-5-1-13(2-6-16)9-15-11-18(23)12-20(24)19(15)10-14-3-7-17(22)8-4-14/h1-8,11-12,21-24H,9-10H2. The molecule has 0 saturated carbocycles. The van der Waals surface area contributed by atoms with Crippen LogP contribution >= 0.6 is 0 Å². The summed E-state index contributed by atoms with van der Waals surface area (Å²) in [5.74, 6) is 0.437. The Bertz CT molecular complexity index is 837. The minimum absolute atomic E-state index is 0.00994. The predicted octanol–water partition coefficient (Wildman–Crippen LogP) is 3.69. The van der Waals surface area contributed by atoms with Gasteiger partial charge in [0.2, 0.25) is 0 Å². The van der Waals surface area contributed by atoms with Crippen molar-refractivity contribution in [1.82, 2.24) is 0 Å². The van der Waals surface area contributed by atoms with E-state index in [0.29, 0.717) is 12.8 Å². The Morgan fingerprint density at radius 3 is 1.58 bits per heavy atom. The van der Waals surface area contributed by atoms with E-state index in [4.69, 9.17) is 0 Å². The van der Waals surface area contributed by atoms with Gasteiger partial charge < -0.3 is 20.4 Å². The van der Waals surface area contributed by atoms with E-state index >= 15 is 0 Å². The van der Waals surface area contributed by atoms with Crippen LogP contribution in [0.25, 0.3) is 0 Å². The van der Waals surface area contributed by atoms with Crippen LogP contribution in [0.2, 0.25) is 0 Å². The largest absolute Gasteiger partial charge is 0.508 e. The van der Waals surface area contributed by atoms with Crippen LogP contribution in [0.1, 0.15) is 22.3 Å². The van der Waals surface area contributed by atoms with Gasteiger partial charge in [-0.05, 0) is 53.4 Å². The maximum Gasteiger partial charge on any atom is 0.123 e. The van der Waals surface area contributed by atoms with E-state index in [2.05, 4.69) is 0 Å². The molecule has 122 valence electrons. The molecule has 0 spiro atoms. The lowest BCUT2D eigenvalue weighted by atomic mass is 9.94. The van der Waals surface area contributed by atoms with E-state index in [1.165, 1.54) is 6.07 Å². The maximum atomic E-state index is 10.3. The SMILES string of the molecule is Oc1ccc(Cc2cc(O)cc(O)c2Cc2ccc(O)cc2)cc1. The van der Waals surface area contributed by atoms with Crippen molar-refractivity contribution in [2.45, 2.75) is 12.8 Å². The van der Waals surface area contributed by atoms with Crippen molar-refractivity contribution >= 4 is 0 Å². The highest BCUT2D eigenvalue weighted by Gasteiger charge is 2.12. The number of phenolic OH excluding ortho intramolecular Hbond substituents is 4. The topological polar surface area (TPSA) is 80.9 Å². The number of benzene rings is 3. The molecule has 0 atom stereocenters. The third-order valence-corrected chi connectivity index (χ3v) is 3.95. The predicted molar refractivity (Wildman–Crippen MR) is 91.6 cm³/mol. The molecular weight excluding hydrogens is 304 g/mol. The quantitative estimate of drug-likeness (QED) is 0.590. The van der Waals surface area contributed by atoms with Crippen LogP contribution < -0.4 is 0 Å². The Morgan fingerprint density at radius 2 is 1.04 bits per heavy atom. The highest BCUT2D eigenvalue weighted by molar-refractivity contribution is 5.49. The Balaban J connectivity index is 1.95. The van der Waals surface area contributed by atoms with Crippen LogP contribution in [-0.4, -0.2) is 20.4 Å². The summed E-state index contributed by atoms with van der Waals surface area (Å²) in [6.45, 7) is 0. The highest BCUT2D eigenvalue weighted by atomic mass is 16.3. The van der Waals surface area contributed by atoms with Crippen molar-refractivity contribution in [2.24, 2.45) is 0 Å². The second-order valence-corrected chi connectivity index (χ2v) is 5.79. The molecule has 0 aliphatic heterocycles. The van der Waals surface area contributed by atoms with Gasteiger partial charge in [0.05, 0.1) is 0 Å². The van der Waals surface area contributed by atoms with Gasteiger partial charge in [0, 0.05) is 18.1 Å². The van der Waals surface area contributed by atoms with Gasteiger partial charge in [0.25, 0.3) is 0 Å².